The molecular formula is C18H19F2NO5S. The molecule has 0 atom stereocenters. The Morgan fingerprint density at radius 3 is 2.26 bits per heavy atom. The monoisotopic (exact) mass is 399 g/mol. The zero-order valence-corrected chi connectivity index (χ0v) is 15.6. The summed E-state index contributed by atoms with van der Waals surface area (Å²) in [5.74, 6) is -2.39. The molecule has 0 aliphatic rings. The van der Waals surface area contributed by atoms with E-state index in [1.54, 1.807) is 13.8 Å². The summed E-state index contributed by atoms with van der Waals surface area (Å²) in [6.45, 7) is 3.01. The molecule has 27 heavy (non-hydrogen) atoms. The highest BCUT2D eigenvalue weighted by Gasteiger charge is 2.30. The van der Waals surface area contributed by atoms with Gasteiger partial charge in [0, 0.05) is 6.07 Å². The lowest BCUT2D eigenvalue weighted by Crippen LogP contribution is -2.37. The van der Waals surface area contributed by atoms with Crippen LogP contribution in [0, 0.1) is 11.6 Å². The summed E-state index contributed by atoms with van der Waals surface area (Å²) in [6, 6.07) is 7.85. The van der Waals surface area contributed by atoms with Crippen molar-refractivity contribution in [3.8, 4) is 5.75 Å². The van der Waals surface area contributed by atoms with Crippen LogP contribution >= 0.6 is 0 Å². The molecule has 0 bridgehead atoms. The minimum absolute atomic E-state index is 0.0294. The molecule has 0 unspecified atom stereocenters. The van der Waals surface area contributed by atoms with Gasteiger partial charge in [0.15, 0.2) is 0 Å². The fourth-order valence-electron chi connectivity index (χ4n) is 2.31. The predicted octanol–water partition coefficient (Wildman–Crippen LogP) is 3.12. The van der Waals surface area contributed by atoms with E-state index in [9.17, 15) is 22.0 Å². The molecular weight excluding hydrogens is 380 g/mol. The number of benzene rings is 2. The van der Waals surface area contributed by atoms with E-state index < -0.39 is 39.9 Å². The molecule has 0 spiro atoms. The fourth-order valence-corrected chi connectivity index (χ4v) is 3.73. The van der Waals surface area contributed by atoms with Gasteiger partial charge in [0.1, 0.15) is 23.9 Å². The molecule has 9 heteroatoms. The van der Waals surface area contributed by atoms with Crippen LogP contribution < -0.4 is 9.04 Å². The summed E-state index contributed by atoms with van der Waals surface area (Å²) in [5.41, 5.74) is -0.460. The van der Waals surface area contributed by atoms with Crippen LogP contribution in [0.15, 0.2) is 47.4 Å². The van der Waals surface area contributed by atoms with Gasteiger partial charge in [-0.2, -0.15) is 0 Å². The largest absolute Gasteiger partial charge is 0.494 e. The molecule has 0 amide bonds. The van der Waals surface area contributed by atoms with E-state index >= 15 is 0 Å². The molecule has 0 saturated carbocycles. The van der Waals surface area contributed by atoms with Crippen molar-refractivity contribution in [3.63, 3.8) is 0 Å². The summed E-state index contributed by atoms with van der Waals surface area (Å²) < 4.78 is 64.0. The first-order valence-electron chi connectivity index (χ1n) is 8.15. The van der Waals surface area contributed by atoms with Crippen LogP contribution in [-0.2, 0) is 19.6 Å². The van der Waals surface area contributed by atoms with E-state index in [0.717, 1.165) is 12.1 Å². The molecule has 0 heterocycles. The smallest absolute Gasteiger partial charge is 0.326 e. The van der Waals surface area contributed by atoms with Gasteiger partial charge in [0.25, 0.3) is 10.0 Å². The van der Waals surface area contributed by atoms with E-state index in [-0.39, 0.29) is 11.5 Å². The number of hydrogen-bond acceptors (Lipinski definition) is 5. The SMILES string of the molecule is CCOC(=O)CN(c1ccc(F)cc1F)S(=O)(=O)c1ccc(OCC)cc1. The lowest BCUT2D eigenvalue weighted by Gasteiger charge is -2.24. The van der Waals surface area contributed by atoms with Gasteiger partial charge in [0.05, 0.1) is 23.8 Å². The average molecular weight is 399 g/mol. The van der Waals surface area contributed by atoms with Crippen LogP contribution in [0.25, 0.3) is 0 Å². The van der Waals surface area contributed by atoms with Crippen LogP contribution in [0.5, 0.6) is 5.75 Å². The second-order valence-corrected chi connectivity index (χ2v) is 7.18. The molecule has 6 nitrogen and oxygen atoms in total. The number of carbonyl (C=O) groups is 1. The Labute approximate surface area is 156 Å². The van der Waals surface area contributed by atoms with Crippen LogP contribution in [-0.4, -0.2) is 34.1 Å². The van der Waals surface area contributed by atoms with Crippen molar-refractivity contribution < 1.29 is 31.5 Å². The van der Waals surface area contributed by atoms with Crippen molar-refractivity contribution in [2.75, 3.05) is 24.1 Å². The van der Waals surface area contributed by atoms with Crippen molar-refractivity contribution in [1.29, 1.82) is 0 Å². The summed E-state index contributed by atoms with van der Waals surface area (Å²) in [6.07, 6.45) is 0. The zero-order valence-electron chi connectivity index (χ0n) is 14.8. The number of halogens is 2. The molecule has 146 valence electrons. The van der Waals surface area contributed by atoms with Crippen LogP contribution in [0.4, 0.5) is 14.5 Å². The van der Waals surface area contributed by atoms with E-state index in [1.165, 1.54) is 24.3 Å². The summed E-state index contributed by atoms with van der Waals surface area (Å²) in [5, 5.41) is 0. The minimum Gasteiger partial charge on any atom is -0.494 e. The number of hydrogen-bond donors (Lipinski definition) is 0. The van der Waals surface area contributed by atoms with Crippen LogP contribution in [0.1, 0.15) is 13.8 Å². The van der Waals surface area contributed by atoms with Gasteiger partial charge in [-0.25, -0.2) is 17.2 Å². The first-order valence-corrected chi connectivity index (χ1v) is 9.59. The molecule has 0 saturated heterocycles. The molecule has 0 aromatic heterocycles. The van der Waals surface area contributed by atoms with Crippen LogP contribution in [0.3, 0.4) is 0 Å². The van der Waals surface area contributed by atoms with Gasteiger partial charge in [-0.1, -0.05) is 0 Å². The number of ether oxygens (including phenoxy) is 2. The van der Waals surface area contributed by atoms with E-state index in [1.807, 2.05) is 0 Å². The van der Waals surface area contributed by atoms with Crippen molar-refractivity contribution >= 4 is 21.7 Å². The second-order valence-electron chi connectivity index (χ2n) is 5.32. The number of sulfonamides is 1. The standard InChI is InChI=1S/C18H19F2NO5S/c1-3-25-14-6-8-15(9-7-14)27(23,24)21(12-18(22)26-4-2)17-10-5-13(19)11-16(17)20/h5-11H,3-4,12H2,1-2H3. The molecule has 2 aromatic carbocycles. The molecule has 0 radical (unpaired) electrons. The maximum absolute atomic E-state index is 14.2. The highest BCUT2D eigenvalue weighted by molar-refractivity contribution is 7.92. The Kier molecular flexibility index (Phi) is 6.73. The van der Waals surface area contributed by atoms with Gasteiger partial charge in [-0.15, -0.1) is 0 Å². The highest BCUT2D eigenvalue weighted by Crippen LogP contribution is 2.28. The number of carbonyl (C=O) groups excluding carboxylic acids is 1. The van der Waals surface area contributed by atoms with Crippen molar-refractivity contribution in [2.24, 2.45) is 0 Å². The third-order valence-corrected chi connectivity index (χ3v) is 5.25. The summed E-state index contributed by atoms with van der Waals surface area (Å²) >= 11 is 0. The number of anilines is 1. The molecule has 2 aromatic rings. The van der Waals surface area contributed by atoms with Gasteiger partial charge in [0.2, 0.25) is 0 Å². The van der Waals surface area contributed by atoms with Gasteiger partial charge >= 0.3 is 5.97 Å². The number of rotatable bonds is 8. The molecule has 0 fully saturated rings. The predicted molar refractivity (Wildman–Crippen MR) is 95.1 cm³/mol. The lowest BCUT2D eigenvalue weighted by molar-refractivity contribution is -0.141. The Morgan fingerprint density at radius 2 is 1.70 bits per heavy atom. The topological polar surface area (TPSA) is 72.9 Å². The van der Waals surface area contributed by atoms with E-state index in [4.69, 9.17) is 9.47 Å². The van der Waals surface area contributed by atoms with Gasteiger partial charge in [-0.05, 0) is 50.2 Å². The van der Waals surface area contributed by atoms with Gasteiger partial charge in [-0.3, -0.25) is 9.10 Å². The molecule has 2 rings (SSSR count). The Bertz CT molecular complexity index is 900. The average Bonchev–Trinajstić information content (AvgIpc) is 2.61. The lowest BCUT2D eigenvalue weighted by atomic mass is 10.3. The van der Waals surface area contributed by atoms with Crippen LogP contribution in [0.2, 0.25) is 0 Å². The molecule has 0 aliphatic carbocycles. The third kappa shape index (κ3) is 4.94. The van der Waals surface area contributed by atoms with Crippen molar-refractivity contribution in [3.05, 3.63) is 54.1 Å². The minimum atomic E-state index is -4.32. The zero-order chi connectivity index (χ0) is 20.0. The first kappa shape index (κ1) is 20.6. The fraction of sp³-hybridized carbons (Fsp3) is 0.278. The normalized spacial score (nSPS) is 11.1. The van der Waals surface area contributed by atoms with E-state index in [2.05, 4.69) is 0 Å². The number of esters is 1. The Morgan fingerprint density at radius 1 is 1.04 bits per heavy atom. The van der Waals surface area contributed by atoms with Gasteiger partial charge < -0.3 is 9.47 Å². The second kappa shape index (κ2) is 8.81. The van der Waals surface area contributed by atoms with E-state index in [0.29, 0.717) is 22.7 Å². The molecule has 0 aliphatic heterocycles. The summed E-state index contributed by atoms with van der Waals surface area (Å²) in [4.78, 5) is 11.7. The Balaban J connectivity index is 2.48. The Hall–Kier alpha value is -2.68. The maximum atomic E-state index is 14.2. The summed E-state index contributed by atoms with van der Waals surface area (Å²) in [7, 11) is -4.32. The third-order valence-electron chi connectivity index (χ3n) is 3.48. The maximum Gasteiger partial charge on any atom is 0.326 e. The number of nitrogens with zero attached hydrogens (tertiary/aromatic N) is 1. The first-order chi connectivity index (χ1) is 12.8. The van der Waals surface area contributed by atoms with Crippen molar-refractivity contribution in [2.45, 2.75) is 18.7 Å². The molecule has 0 N–H and O–H groups in total. The highest BCUT2D eigenvalue weighted by atomic mass is 32.2. The quantitative estimate of drug-likeness (QED) is 0.638. The van der Waals surface area contributed by atoms with Crippen molar-refractivity contribution in [1.82, 2.24) is 0 Å².